The number of rotatable bonds is 4. The molecule has 4 rings (SSSR count). The number of ether oxygens (including phenoxy) is 1. The lowest BCUT2D eigenvalue weighted by Crippen LogP contribution is -2.31. The Hall–Kier alpha value is -2.75. The second-order valence-electron chi connectivity index (χ2n) is 6.41. The van der Waals surface area contributed by atoms with E-state index in [1.807, 2.05) is 18.2 Å². The van der Waals surface area contributed by atoms with Crippen LogP contribution in [0.4, 0.5) is 5.82 Å². The van der Waals surface area contributed by atoms with Crippen LogP contribution in [0.25, 0.3) is 16.9 Å². The normalized spacial score (nSPS) is 14.5. The van der Waals surface area contributed by atoms with Gasteiger partial charge in [-0.25, -0.2) is 4.68 Å². The van der Waals surface area contributed by atoms with Crippen LogP contribution in [0.1, 0.15) is 19.3 Å². The number of anilines is 1. The largest absolute Gasteiger partial charge is 0.497 e. The van der Waals surface area contributed by atoms with E-state index < -0.39 is 0 Å². The van der Waals surface area contributed by atoms with Gasteiger partial charge in [-0.1, -0.05) is 18.2 Å². The number of methoxy groups -OCH3 is 1. The van der Waals surface area contributed by atoms with E-state index in [0.717, 1.165) is 35.8 Å². The Kier molecular flexibility index (Phi) is 4.42. The minimum Gasteiger partial charge on any atom is -0.497 e. The Bertz CT molecular complexity index is 818. The maximum Gasteiger partial charge on any atom is 0.133 e. The molecule has 1 saturated heterocycles. The van der Waals surface area contributed by atoms with E-state index in [1.165, 1.54) is 25.1 Å². The molecule has 0 unspecified atom stereocenters. The van der Waals surface area contributed by atoms with Crippen LogP contribution in [0.5, 0.6) is 5.75 Å². The average molecular weight is 333 g/mol. The van der Waals surface area contributed by atoms with Crippen LogP contribution in [0, 0.1) is 0 Å². The molecule has 25 heavy (non-hydrogen) atoms. The number of nitrogens with zero attached hydrogens (tertiary/aromatic N) is 3. The van der Waals surface area contributed by atoms with Gasteiger partial charge in [-0.3, -0.25) is 0 Å². The number of piperidine rings is 1. The van der Waals surface area contributed by atoms with Crippen molar-refractivity contribution in [2.24, 2.45) is 0 Å². The lowest BCUT2D eigenvalue weighted by atomic mass is 10.1. The molecule has 1 aliphatic rings. The maximum absolute atomic E-state index is 5.26. The molecule has 0 radical (unpaired) electrons. The van der Waals surface area contributed by atoms with Crippen molar-refractivity contribution in [3.05, 3.63) is 60.7 Å². The summed E-state index contributed by atoms with van der Waals surface area (Å²) in [5.41, 5.74) is 3.20. The van der Waals surface area contributed by atoms with Crippen molar-refractivity contribution < 1.29 is 4.74 Å². The summed E-state index contributed by atoms with van der Waals surface area (Å²) in [4.78, 5) is 2.45. The van der Waals surface area contributed by atoms with E-state index >= 15 is 0 Å². The van der Waals surface area contributed by atoms with Crippen LogP contribution in [-0.4, -0.2) is 30.0 Å². The summed E-state index contributed by atoms with van der Waals surface area (Å²) in [6.45, 7) is 2.20. The van der Waals surface area contributed by atoms with Crippen molar-refractivity contribution >= 4 is 5.82 Å². The Morgan fingerprint density at radius 1 is 0.880 bits per heavy atom. The standard InChI is InChI=1S/C21H23N3O/c1-25-19-12-10-17(11-13-19)20-16-21(23-14-6-3-7-15-23)24(22-20)18-8-4-2-5-9-18/h2,4-5,8-13,16H,3,6-7,14-15H2,1H3. The number of aromatic nitrogens is 2. The summed E-state index contributed by atoms with van der Waals surface area (Å²) in [5.74, 6) is 2.04. The SMILES string of the molecule is COc1ccc(-c2cc(N3CCCCC3)n(-c3ccccc3)n2)cc1. The number of hydrogen-bond acceptors (Lipinski definition) is 3. The molecule has 128 valence electrons. The first-order valence-corrected chi connectivity index (χ1v) is 8.90. The third kappa shape index (κ3) is 3.25. The summed E-state index contributed by atoms with van der Waals surface area (Å²) in [5, 5.41) is 4.92. The number of para-hydroxylation sites is 1. The predicted octanol–water partition coefficient (Wildman–Crippen LogP) is 4.54. The fourth-order valence-corrected chi connectivity index (χ4v) is 3.38. The molecule has 0 bridgehead atoms. The van der Waals surface area contributed by atoms with Crippen LogP contribution in [0.2, 0.25) is 0 Å². The van der Waals surface area contributed by atoms with Crippen molar-refractivity contribution in [3.8, 4) is 22.7 Å². The first-order valence-electron chi connectivity index (χ1n) is 8.90. The predicted molar refractivity (Wildman–Crippen MR) is 102 cm³/mol. The highest BCUT2D eigenvalue weighted by atomic mass is 16.5. The topological polar surface area (TPSA) is 30.3 Å². The first-order chi connectivity index (χ1) is 12.3. The molecule has 0 amide bonds. The second-order valence-corrected chi connectivity index (χ2v) is 6.41. The van der Waals surface area contributed by atoms with Crippen molar-refractivity contribution in [2.75, 3.05) is 25.1 Å². The Morgan fingerprint density at radius 2 is 1.60 bits per heavy atom. The highest BCUT2D eigenvalue weighted by molar-refractivity contribution is 5.66. The molecule has 2 heterocycles. The zero-order chi connectivity index (χ0) is 17.1. The van der Waals surface area contributed by atoms with Gasteiger partial charge in [0.15, 0.2) is 0 Å². The van der Waals surface area contributed by atoms with Crippen LogP contribution in [0.15, 0.2) is 60.7 Å². The highest BCUT2D eigenvalue weighted by Gasteiger charge is 2.19. The molecule has 0 spiro atoms. The van der Waals surface area contributed by atoms with E-state index in [2.05, 4.69) is 52.0 Å². The number of benzene rings is 2. The fraction of sp³-hybridized carbons (Fsp3) is 0.286. The molecule has 0 saturated carbocycles. The van der Waals surface area contributed by atoms with Gasteiger partial charge in [-0.15, -0.1) is 0 Å². The molecule has 1 aromatic heterocycles. The smallest absolute Gasteiger partial charge is 0.133 e. The van der Waals surface area contributed by atoms with Crippen molar-refractivity contribution in [1.29, 1.82) is 0 Å². The maximum atomic E-state index is 5.26. The monoisotopic (exact) mass is 333 g/mol. The fourth-order valence-electron chi connectivity index (χ4n) is 3.38. The average Bonchev–Trinajstić information content (AvgIpc) is 3.15. The second kappa shape index (κ2) is 7.01. The minimum atomic E-state index is 0.863. The first kappa shape index (κ1) is 15.8. The van der Waals surface area contributed by atoms with Crippen LogP contribution in [0.3, 0.4) is 0 Å². The van der Waals surface area contributed by atoms with Gasteiger partial charge in [0.1, 0.15) is 11.6 Å². The Balaban J connectivity index is 1.76. The van der Waals surface area contributed by atoms with Gasteiger partial charge < -0.3 is 9.64 Å². The molecule has 4 nitrogen and oxygen atoms in total. The molecule has 0 aliphatic carbocycles. The molecule has 1 fully saturated rings. The van der Waals surface area contributed by atoms with Crippen molar-refractivity contribution in [1.82, 2.24) is 9.78 Å². The van der Waals surface area contributed by atoms with E-state index in [1.54, 1.807) is 7.11 Å². The molecular weight excluding hydrogens is 310 g/mol. The van der Waals surface area contributed by atoms with E-state index in [-0.39, 0.29) is 0 Å². The van der Waals surface area contributed by atoms with Gasteiger partial charge in [0.2, 0.25) is 0 Å². The Morgan fingerprint density at radius 3 is 2.28 bits per heavy atom. The van der Waals surface area contributed by atoms with Crippen molar-refractivity contribution in [2.45, 2.75) is 19.3 Å². The van der Waals surface area contributed by atoms with Gasteiger partial charge in [0, 0.05) is 24.7 Å². The molecule has 4 heteroatoms. The van der Waals surface area contributed by atoms with Crippen LogP contribution >= 0.6 is 0 Å². The third-order valence-electron chi connectivity index (χ3n) is 4.76. The molecule has 3 aromatic rings. The molecule has 0 atom stereocenters. The summed E-state index contributed by atoms with van der Waals surface area (Å²) in [6.07, 6.45) is 3.82. The summed E-state index contributed by atoms with van der Waals surface area (Å²) in [7, 11) is 1.69. The van der Waals surface area contributed by atoms with Gasteiger partial charge in [-0.2, -0.15) is 5.10 Å². The molecule has 1 aliphatic heterocycles. The Labute approximate surface area is 148 Å². The van der Waals surface area contributed by atoms with Crippen LogP contribution < -0.4 is 9.64 Å². The van der Waals surface area contributed by atoms with Gasteiger partial charge >= 0.3 is 0 Å². The third-order valence-corrected chi connectivity index (χ3v) is 4.76. The lowest BCUT2D eigenvalue weighted by molar-refractivity contribution is 0.415. The zero-order valence-electron chi connectivity index (χ0n) is 14.6. The summed E-state index contributed by atoms with van der Waals surface area (Å²) < 4.78 is 7.34. The minimum absolute atomic E-state index is 0.863. The van der Waals surface area contributed by atoms with E-state index in [0.29, 0.717) is 0 Å². The van der Waals surface area contributed by atoms with Crippen molar-refractivity contribution in [3.63, 3.8) is 0 Å². The highest BCUT2D eigenvalue weighted by Crippen LogP contribution is 2.29. The van der Waals surface area contributed by atoms with E-state index in [4.69, 9.17) is 9.84 Å². The summed E-state index contributed by atoms with van der Waals surface area (Å²) >= 11 is 0. The number of hydrogen-bond donors (Lipinski definition) is 0. The molecule has 2 aromatic carbocycles. The molecular formula is C21H23N3O. The zero-order valence-corrected chi connectivity index (χ0v) is 14.6. The van der Waals surface area contributed by atoms with Gasteiger partial charge in [0.05, 0.1) is 18.5 Å². The van der Waals surface area contributed by atoms with E-state index in [9.17, 15) is 0 Å². The summed E-state index contributed by atoms with van der Waals surface area (Å²) in [6, 6.07) is 20.7. The molecule has 0 N–H and O–H groups in total. The van der Waals surface area contributed by atoms with Gasteiger partial charge in [-0.05, 0) is 55.7 Å². The van der Waals surface area contributed by atoms with Crippen LogP contribution in [-0.2, 0) is 0 Å². The lowest BCUT2D eigenvalue weighted by Gasteiger charge is -2.28. The quantitative estimate of drug-likeness (QED) is 0.702. The van der Waals surface area contributed by atoms with Gasteiger partial charge in [0.25, 0.3) is 0 Å².